The van der Waals surface area contributed by atoms with E-state index in [1.807, 2.05) is 30.3 Å². The summed E-state index contributed by atoms with van der Waals surface area (Å²) in [5.41, 5.74) is 1.83. The molecule has 1 N–H and O–H groups in total. The highest BCUT2D eigenvalue weighted by molar-refractivity contribution is 9.10. The maximum absolute atomic E-state index is 4.45. The Morgan fingerprint density at radius 2 is 1.89 bits per heavy atom. The third-order valence-electron chi connectivity index (χ3n) is 2.48. The fraction of sp³-hybridized carbons (Fsp3) is 0. The van der Waals surface area contributed by atoms with Gasteiger partial charge in [0.2, 0.25) is 5.95 Å². The molecule has 3 rings (SSSR count). The molecule has 0 saturated heterocycles. The van der Waals surface area contributed by atoms with Gasteiger partial charge in [0.1, 0.15) is 0 Å². The Kier molecular flexibility index (Phi) is 2.90. The van der Waals surface area contributed by atoms with E-state index < -0.39 is 0 Å². The zero-order valence-corrected chi connectivity index (χ0v) is 10.9. The van der Waals surface area contributed by atoms with E-state index in [0.717, 1.165) is 21.1 Å². The number of hydrogen-bond acceptors (Lipinski definition) is 4. The standard InChI is InChI=1S/C13H9BrN4/c14-10-1-2-12-9(7-10)8-16-13(18-12)17-11-3-5-15-6-4-11/h1-8H,(H,15,16,17,18). The van der Waals surface area contributed by atoms with Crippen LogP contribution in [0, 0.1) is 0 Å². The number of rotatable bonds is 2. The van der Waals surface area contributed by atoms with Gasteiger partial charge in [-0.05, 0) is 30.3 Å². The smallest absolute Gasteiger partial charge is 0.227 e. The molecule has 2 heterocycles. The number of fused-ring (bicyclic) bond motifs is 1. The van der Waals surface area contributed by atoms with Crippen molar-refractivity contribution in [3.05, 3.63) is 53.4 Å². The lowest BCUT2D eigenvalue weighted by atomic mass is 10.2. The number of nitrogens with one attached hydrogen (secondary N) is 1. The molecule has 0 amide bonds. The quantitative estimate of drug-likeness (QED) is 0.786. The number of nitrogens with zero attached hydrogens (tertiary/aromatic N) is 3. The summed E-state index contributed by atoms with van der Waals surface area (Å²) >= 11 is 3.43. The minimum Gasteiger partial charge on any atom is -0.324 e. The lowest BCUT2D eigenvalue weighted by Crippen LogP contribution is -1.96. The molecule has 5 heteroatoms. The van der Waals surface area contributed by atoms with Crippen LogP contribution in [-0.4, -0.2) is 15.0 Å². The molecule has 3 aromatic rings. The second-order valence-corrected chi connectivity index (χ2v) is 4.67. The molecule has 18 heavy (non-hydrogen) atoms. The molecule has 0 bridgehead atoms. The van der Waals surface area contributed by atoms with E-state index in [9.17, 15) is 0 Å². The van der Waals surface area contributed by atoms with Crippen LogP contribution in [0.4, 0.5) is 11.6 Å². The second kappa shape index (κ2) is 4.70. The van der Waals surface area contributed by atoms with Crippen molar-refractivity contribution in [2.45, 2.75) is 0 Å². The molecule has 0 atom stereocenters. The van der Waals surface area contributed by atoms with Crippen LogP contribution in [-0.2, 0) is 0 Å². The normalized spacial score (nSPS) is 10.5. The molecule has 0 spiro atoms. The topological polar surface area (TPSA) is 50.7 Å². The van der Waals surface area contributed by atoms with Crippen LogP contribution in [0.3, 0.4) is 0 Å². The van der Waals surface area contributed by atoms with Gasteiger partial charge in [0.05, 0.1) is 5.52 Å². The molecule has 0 unspecified atom stereocenters. The van der Waals surface area contributed by atoms with Crippen molar-refractivity contribution in [2.75, 3.05) is 5.32 Å². The SMILES string of the molecule is Brc1ccc2nc(Nc3ccncc3)ncc2c1. The lowest BCUT2D eigenvalue weighted by Gasteiger charge is -2.05. The van der Waals surface area contributed by atoms with Crippen LogP contribution in [0.25, 0.3) is 10.9 Å². The minimum absolute atomic E-state index is 0.580. The highest BCUT2D eigenvalue weighted by atomic mass is 79.9. The summed E-state index contributed by atoms with van der Waals surface area (Å²) in [4.78, 5) is 12.7. The highest BCUT2D eigenvalue weighted by Crippen LogP contribution is 2.19. The first-order valence-electron chi connectivity index (χ1n) is 5.41. The monoisotopic (exact) mass is 300 g/mol. The summed E-state index contributed by atoms with van der Waals surface area (Å²) in [5, 5.41) is 4.14. The minimum atomic E-state index is 0.580. The fourth-order valence-electron chi connectivity index (χ4n) is 1.63. The average molecular weight is 301 g/mol. The van der Waals surface area contributed by atoms with Gasteiger partial charge >= 0.3 is 0 Å². The van der Waals surface area contributed by atoms with Gasteiger partial charge in [0.15, 0.2) is 0 Å². The molecule has 0 aliphatic carbocycles. The number of benzene rings is 1. The first-order valence-corrected chi connectivity index (χ1v) is 6.20. The van der Waals surface area contributed by atoms with Crippen LogP contribution in [0.2, 0.25) is 0 Å². The molecule has 0 fully saturated rings. The van der Waals surface area contributed by atoms with Gasteiger partial charge in [0.25, 0.3) is 0 Å². The lowest BCUT2D eigenvalue weighted by molar-refractivity contribution is 1.21. The van der Waals surface area contributed by atoms with Gasteiger partial charge in [-0.25, -0.2) is 9.97 Å². The Morgan fingerprint density at radius 3 is 2.72 bits per heavy atom. The third kappa shape index (κ3) is 2.31. The van der Waals surface area contributed by atoms with Crippen molar-refractivity contribution in [3.8, 4) is 0 Å². The average Bonchev–Trinajstić information content (AvgIpc) is 2.40. The molecule has 4 nitrogen and oxygen atoms in total. The molecule has 1 aromatic carbocycles. The summed E-state index contributed by atoms with van der Waals surface area (Å²) in [7, 11) is 0. The number of anilines is 2. The summed E-state index contributed by atoms with van der Waals surface area (Å²) < 4.78 is 1.02. The van der Waals surface area contributed by atoms with Crippen molar-refractivity contribution < 1.29 is 0 Å². The predicted octanol–water partition coefficient (Wildman–Crippen LogP) is 3.53. The number of pyridine rings is 1. The molecular weight excluding hydrogens is 292 g/mol. The van der Waals surface area contributed by atoms with E-state index in [-0.39, 0.29) is 0 Å². The zero-order chi connectivity index (χ0) is 12.4. The van der Waals surface area contributed by atoms with Gasteiger partial charge in [-0.1, -0.05) is 15.9 Å². The summed E-state index contributed by atoms with van der Waals surface area (Å²) in [5.74, 6) is 0.580. The van der Waals surface area contributed by atoms with E-state index in [2.05, 4.69) is 36.2 Å². The number of aromatic nitrogens is 3. The van der Waals surface area contributed by atoms with Crippen molar-refractivity contribution in [1.82, 2.24) is 15.0 Å². The summed E-state index contributed by atoms with van der Waals surface area (Å²) in [6.45, 7) is 0. The first-order chi connectivity index (χ1) is 8.81. The molecule has 0 radical (unpaired) electrons. The maximum Gasteiger partial charge on any atom is 0.227 e. The molecule has 0 aliphatic heterocycles. The Morgan fingerprint density at radius 1 is 1.06 bits per heavy atom. The van der Waals surface area contributed by atoms with Crippen LogP contribution >= 0.6 is 15.9 Å². The van der Waals surface area contributed by atoms with Crippen LogP contribution in [0.1, 0.15) is 0 Å². The Balaban J connectivity index is 1.96. The number of hydrogen-bond donors (Lipinski definition) is 1. The molecule has 0 saturated carbocycles. The molecular formula is C13H9BrN4. The van der Waals surface area contributed by atoms with E-state index >= 15 is 0 Å². The van der Waals surface area contributed by atoms with Gasteiger partial charge in [-0.3, -0.25) is 4.98 Å². The molecule has 2 aromatic heterocycles. The van der Waals surface area contributed by atoms with Crippen molar-refractivity contribution in [2.24, 2.45) is 0 Å². The largest absolute Gasteiger partial charge is 0.324 e. The summed E-state index contributed by atoms with van der Waals surface area (Å²) in [6.07, 6.45) is 5.25. The highest BCUT2D eigenvalue weighted by Gasteiger charge is 2.01. The van der Waals surface area contributed by atoms with E-state index in [4.69, 9.17) is 0 Å². The predicted molar refractivity (Wildman–Crippen MR) is 74.8 cm³/mol. The van der Waals surface area contributed by atoms with E-state index in [1.165, 1.54) is 0 Å². The molecule has 0 aliphatic rings. The second-order valence-electron chi connectivity index (χ2n) is 3.76. The Bertz CT molecular complexity index is 685. The van der Waals surface area contributed by atoms with Crippen LogP contribution in [0.5, 0.6) is 0 Å². The Labute approximate surface area is 112 Å². The fourth-order valence-corrected chi connectivity index (χ4v) is 2.01. The Hall–Kier alpha value is -2.01. The van der Waals surface area contributed by atoms with Gasteiger partial charge in [-0.15, -0.1) is 0 Å². The van der Waals surface area contributed by atoms with Gasteiger partial charge < -0.3 is 5.32 Å². The van der Waals surface area contributed by atoms with Gasteiger partial charge in [-0.2, -0.15) is 0 Å². The van der Waals surface area contributed by atoms with Gasteiger partial charge in [0, 0.05) is 34.1 Å². The van der Waals surface area contributed by atoms with Crippen LogP contribution in [0.15, 0.2) is 53.4 Å². The zero-order valence-electron chi connectivity index (χ0n) is 9.34. The van der Waals surface area contributed by atoms with Crippen molar-refractivity contribution in [1.29, 1.82) is 0 Å². The van der Waals surface area contributed by atoms with Crippen LogP contribution < -0.4 is 5.32 Å². The maximum atomic E-state index is 4.45. The van der Waals surface area contributed by atoms with E-state index in [0.29, 0.717) is 5.95 Å². The third-order valence-corrected chi connectivity index (χ3v) is 2.97. The molecule has 88 valence electrons. The van der Waals surface area contributed by atoms with E-state index in [1.54, 1.807) is 18.6 Å². The van der Waals surface area contributed by atoms with Crippen molar-refractivity contribution >= 4 is 38.5 Å². The van der Waals surface area contributed by atoms with Crippen molar-refractivity contribution in [3.63, 3.8) is 0 Å². The first kappa shape index (κ1) is 11.1. The number of halogens is 1. The summed E-state index contributed by atoms with van der Waals surface area (Å²) in [6, 6.07) is 9.65.